The van der Waals surface area contributed by atoms with Crippen LogP contribution >= 0.6 is 0 Å². The summed E-state index contributed by atoms with van der Waals surface area (Å²) in [5.74, 6) is 1.93. The first-order chi connectivity index (χ1) is 20.2. The van der Waals surface area contributed by atoms with E-state index in [0.29, 0.717) is 57.6 Å². The zero-order chi connectivity index (χ0) is 30.4. The van der Waals surface area contributed by atoms with Crippen LogP contribution in [-0.4, -0.2) is 51.9 Å². The van der Waals surface area contributed by atoms with Crippen molar-refractivity contribution in [2.45, 2.75) is 90.3 Å². The van der Waals surface area contributed by atoms with Gasteiger partial charge in [-0.05, 0) is 43.4 Å². The summed E-state index contributed by atoms with van der Waals surface area (Å²) in [5, 5.41) is 12.1. The maximum Gasteiger partial charge on any atom is 0.306 e. The molecule has 0 unspecified atom stereocenters. The molecule has 9 nitrogen and oxygen atoms in total. The molecule has 0 bridgehead atoms. The van der Waals surface area contributed by atoms with Crippen LogP contribution in [0.2, 0.25) is 0 Å². The lowest BCUT2D eigenvalue weighted by molar-refractivity contribution is -0.171. The van der Waals surface area contributed by atoms with E-state index in [1.54, 1.807) is 20.1 Å². The lowest BCUT2D eigenvalue weighted by Gasteiger charge is -2.41. The summed E-state index contributed by atoms with van der Waals surface area (Å²) in [6, 6.07) is 3.67. The lowest BCUT2D eigenvalue weighted by atomic mass is 9.73. The van der Waals surface area contributed by atoms with Crippen LogP contribution < -0.4 is 28.4 Å². The van der Waals surface area contributed by atoms with Crippen LogP contribution in [0.3, 0.4) is 0 Å². The molecule has 4 rings (SSSR count). The number of ether oxygens (including phenoxy) is 7. The number of hydrogen-bond acceptors (Lipinski definition) is 9. The predicted octanol–water partition coefficient (Wildman–Crippen LogP) is 6.78. The molecular formula is C33H46O9. The van der Waals surface area contributed by atoms with Crippen molar-refractivity contribution in [1.82, 2.24) is 0 Å². The Morgan fingerprint density at radius 2 is 1.57 bits per heavy atom. The van der Waals surface area contributed by atoms with E-state index in [1.807, 2.05) is 13.0 Å². The van der Waals surface area contributed by atoms with E-state index in [-0.39, 0.29) is 25.1 Å². The van der Waals surface area contributed by atoms with Gasteiger partial charge >= 0.3 is 5.97 Å². The highest BCUT2D eigenvalue weighted by molar-refractivity contribution is 5.89. The molecule has 2 aliphatic rings. The summed E-state index contributed by atoms with van der Waals surface area (Å²) < 4.78 is 41.1. The van der Waals surface area contributed by atoms with E-state index in [2.05, 4.69) is 6.92 Å². The number of hydrogen-bond donors (Lipinski definition) is 1. The van der Waals surface area contributed by atoms with Crippen molar-refractivity contribution in [3.8, 4) is 45.6 Å². The number of unbranched alkanes of at least 4 members (excludes halogenated alkanes) is 6. The van der Waals surface area contributed by atoms with Crippen molar-refractivity contribution >= 4 is 5.97 Å². The Hall–Kier alpha value is -3.33. The quantitative estimate of drug-likeness (QED) is 0.201. The molecule has 0 aromatic heterocycles. The topological polar surface area (TPSA) is 102 Å². The fourth-order valence-electron chi connectivity index (χ4n) is 6.04. The monoisotopic (exact) mass is 586 g/mol. The van der Waals surface area contributed by atoms with Crippen molar-refractivity contribution in [2.75, 3.05) is 35.2 Å². The highest BCUT2D eigenvalue weighted by Crippen LogP contribution is 2.59. The molecule has 1 heterocycles. The first-order valence-corrected chi connectivity index (χ1v) is 15.0. The largest absolute Gasteiger partial charge is 0.493 e. The summed E-state index contributed by atoms with van der Waals surface area (Å²) in [7, 11) is 6.17. The van der Waals surface area contributed by atoms with Crippen LogP contribution in [0.4, 0.5) is 0 Å². The van der Waals surface area contributed by atoms with Crippen LogP contribution in [-0.2, 0) is 16.0 Å². The molecule has 2 aromatic carbocycles. The predicted molar refractivity (Wildman–Crippen MR) is 159 cm³/mol. The SMILES string of the molecule is CCCCCCCCCC(=O)O[C@H]1c2cc(OC)c(OC)c(OC)c2-c2c(cc3c(c2OC)OCO3)C[C@H](C)[C@]1(C)O. The molecule has 1 aliphatic heterocycles. The molecule has 2 aromatic rings. The van der Waals surface area contributed by atoms with Gasteiger partial charge in [0.2, 0.25) is 18.3 Å². The minimum Gasteiger partial charge on any atom is -0.493 e. The Bertz CT molecular complexity index is 1250. The molecule has 0 saturated heterocycles. The Balaban J connectivity index is 1.84. The molecule has 1 N–H and O–H groups in total. The van der Waals surface area contributed by atoms with Crippen LogP contribution in [0.5, 0.6) is 34.5 Å². The number of methoxy groups -OCH3 is 4. The first-order valence-electron chi connectivity index (χ1n) is 15.0. The highest BCUT2D eigenvalue weighted by atomic mass is 16.7. The summed E-state index contributed by atoms with van der Waals surface area (Å²) in [5.41, 5.74) is 1.21. The molecule has 42 heavy (non-hydrogen) atoms. The fourth-order valence-corrected chi connectivity index (χ4v) is 6.04. The first kappa shape index (κ1) is 31.6. The number of fused-ring (bicyclic) bond motifs is 4. The average Bonchev–Trinajstić information content (AvgIpc) is 3.45. The van der Waals surface area contributed by atoms with Crippen molar-refractivity contribution in [2.24, 2.45) is 5.92 Å². The fraction of sp³-hybridized carbons (Fsp3) is 0.606. The molecule has 0 amide bonds. The third kappa shape index (κ3) is 6.07. The van der Waals surface area contributed by atoms with Crippen LogP contribution in [0.25, 0.3) is 11.1 Å². The van der Waals surface area contributed by atoms with E-state index in [1.165, 1.54) is 47.0 Å². The van der Waals surface area contributed by atoms with Gasteiger partial charge in [0, 0.05) is 23.1 Å². The van der Waals surface area contributed by atoms with Crippen molar-refractivity contribution in [3.63, 3.8) is 0 Å². The second kappa shape index (κ2) is 13.8. The Morgan fingerprint density at radius 1 is 0.905 bits per heavy atom. The van der Waals surface area contributed by atoms with Gasteiger partial charge < -0.3 is 38.3 Å². The van der Waals surface area contributed by atoms with Gasteiger partial charge in [-0.1, -0.05) is 52.4 Å². The lowest BCUT2D eigenvalue weighted by Crippen LogP contribution is -2.43. The number of aliphatic hydroxyl groups is 1. The van der Waals surface area contributed by atoms with Gasteiger partial charge in [-0.15, -0.1) is 0 Å². The molecule has 0 radical (unpaired) electrons. The van der Waals surface area contributed by atoms with Crippen molar-refractivity contribution in [3.05, 3.63) is 23.3 Å². The number of benzene rings is 2. The summed E-state index contributed by atoms with van der Waals surface area (Å²) in [6.45, 7) is 5.92. The minimum atomic E-state index is -1.45. The maximum absolute atomic E-state index is 13.3. The van der Waals surface area contributed by atoms with Crippen molar-refractivity contribution < 1.29 is 43.1 Å². The van der Waals surface area contributed by atoms with E-state index in [0.717, 1.165) is 24.8 Å². The van der Waals surface area contributed by atoms with Crippen LogP contribution in [0.1, 0.15) is 89.4 Å². The van der Waals surface area contributed by atoms with Gasteiger partial charge in [0.25, 0.3) is 0 Å². The number of carbonyl (C=O) groups excluding carboxylic acids is 1. The number of rotatable bonds is 13. The minimum absolute atomic E-state index is 0.0661. The summed E-state index contributed by atoms with van der Waals surface area (Å²) >= 11 is 0. The molecule has 9 heteroatoms. The Kier molecular flexibility index (Phi) is 10.4. The van der Waals surface area contributed by atoms with Gasteiger partial charge in [-0.25, -0.2) is 0 Å². The smallest absolute Gasteiger partial charge is 0.306 e. The third-order valence-corrected chi connectivity index (χ3v) is 8.59. The molecule has 0 saturated carbocycles. The zero-order valence-electron chi connectivity index (χ0n) is 26.1. The van der Waals surface area contributed by atoms with E-state index in [4.69, 9.17) is 33.2 Å². The zero-order valence-corrected chi connectivity index (χ0v) is 26.1. The summed E-state index contributed by atoms with van der Waals surface area (Å²) in [6.07, 6.45) is 7.31. The van der Waals surface area contributed by atoms with Crippen LogP contribution in [0.15, 0.2) is 12.1 Å². The van der Waals surface area contributed by atoms with Crippen molar-refractivity contribution in [1.29, 1.82) is 0 Å². The van der Waals surface area contributed by atoms with E-state index < -0.39 is 11.7 Å². The molecule has 0 fully saturated rings. The van der Waals surface area contributed by atoms with E-state index in [9.17, 15) is 9.90 Å². The molecule has 0 spiro atoms. The molecule has 3 atom stereocenters. The second-order valence-corrected chi connectivity index (χ2v) is 11.4. The molecular weight excluding hydrogens is 540 g/mol. The summed E-state index contributed by atoms with van der Waals surface area (Å²) in [4.78, 5) is 13.3. The van der Waals surface area contributed by atoms with Gasteiger partial charge in [-0.3, -0.25) is 4.79 Å². The van der Waals surface area contributed by atoms with E-state index >= 15 is 0 Å². The van der Waals surface area contributed by atoms with Gasteiger partial charge in [0.1, 0.15) is 5.60 Å². The van der Waals surface area contributed by atoms with Crippen LogP contribution in [0, 0.1) is 5.92 Å². The number of esters is 1. The average molecular weight is 587 g/mol. The molecule has 232 valence electrons. The normalized spacial score (nSPS) is 20.6. The van der Waals surface area contributed by atoms with Gasteiger partial charge in [0.05, 0.1) is 28.4 Å². The second-order valence-electron chi connectivity index (χ2n) is 11.4. The van der Waals surface area contributed by atoms with Gasteiger partial charge in [0.15, 0.2) is 29.1 Å². The number of carbonyl (C=O) groups is 1. The molecule has 1 aliphatic carbocycles. The Morgan fingerprint density at radius 3 is 2.21 bits per heavy atom. The standard InChI is InChI=1S/C33H46O9/c1-8-9-10-11-12-13-14-15-25(34)42-32-22-18-23(36-4)28(37-5)31(39-7)27(22)26-21(16-20(2)33(32,3)35)17-24-29(30(26)38-6)41-19-40-24/h17-18,20,32,35H,8-16,19H2,1-7H3/t20-,32-,33-/m0/s1. The highest BCUT2D eigenvalue weighted by Gasteiger charge is 2.47. The maximum atomic E-state index is 13.3. The van der Waals surface area contributed by atoms with Gasteiger partial charge in [-0.2, -0.15) is 0 Å². The third-order valence-electron chi connectivity index (χ3n) is 8.59. The Labute approximate surface area is 249 Å².